The fourth-order valence-corrected chi connectivity index (χ4v) is 4.63. The first-order valence-corrected chi connectivity index (χ1v) is 9.36. The van der Waals surface area contributed by atoms with Gasteiger partial charge < -0.3 is 0 Å². The average Bonchev–Trinajstić information content (AvgIpc) is 3.39. The zero-order valence-electron chi connectivity index (χ0n) is 14.2. The molecule has 26 heavy (non-hydrogen) atoms. The lowest BCUT2D eigenvalue weighted by Gasteiger charge is -2.02. The van der Waals surface area contributed by atoms with Crippen LogP contribution in [0, 0.1) is 0 Å². The van der Waals surface area contributed by atoms with Crippen LogP contribution in [-0.4, -0.2) is 4.98 Å². The van der Waals surface area contributed by atoms with Crippen LogP contribution in [0.5, 0.6) is 0 Å². The molecule has 1 heterocycles. The zero-order valence-corrected chi connectivity index (χ0v) is 15.0. The Morgan fingerprint density at radius 1 is 0.577 bits per heavy atom. The van der Waals surface area contributed by atoms with E-state index < -0.39 is 0 Å². The van der Waals surface area contributed by atoms with Crippen molar-refractivity contribution in [2.45, 2.75) is 17.8 Å². The maximum absolute atomic E-state index is 6.64. The molecule has 2 aromatic rings. The highest BCUT2D eigenvalue weighted by molar-refractivity contribution is 6.31. The van der Waals surface area contributed by atoms with Crippen LogP contribution in [-0.2, 0) is 0 Å². The molecular weight excluding hydrogens is 338 g/mol. The summed E-state index contributed by atoms with van der Waals surface area (Å²) in [6.07, 6.45) is 0. The highest BCUT2D eigenvalue weighted by Gasteiger charge is 2.54. The summed E-state index contributed by atoms with van der Waals surface area (Å²) in [6, 6.07) is 31.9. The minimum absolute atomic E-state index is 0.361. The highest BCUT2D eigenvalue weighted by atomic mass is 35.5. The molecule has 1 saturated carbocycles. The van der Waals surface area contributed by atoms with E-state index in [4.69, 9.17) is 11.6 Å². The number of aromatic nitrogens is 1. The van der Waals surface area contributed by atoms with Crippen molar-refractivity contribution in [1.29, 1.82) is 0 Å². The molecule has 0 N–H and O–H groups in total. The van der Waals surface area contributed by atoms with E-state index in [1.54, 1.807) is 0 Å². The van der Waals surface area contributed by atoms with Gasteiger partial charge in [0.1, 0.15) is 5.15 Å². The maximum atomic E-state index is 6.64. The average molecular weight is 356 g/mol. The van der Waals surface area contributed by atoms with Gasteiger partial charge in [0, 0.05) is 17.0 Å². The summed E-state index contributed by atoms with van der Waals surface area (Å²) in [5, 5.41) is 0.649. The van der Waals surface area contributed by atoms with Gasteiger partial charge in [0.15, 0.2) is 0 Å². The van der Waals surface area contributed by atoms with Gasteiger partial charge >= 0.3 is 0 Å². The van der Waals surface area contributed by atoms with E-state index in [0.29, 0.717) is 22.9 Å². The Morgan fingerprint density at radius 3 is 1.65 bits per heavy atom. The van der Waals surface area contributed by atoms with E-state index in [1.165, 1.54) is 22.3 Å². The van der Waals surface area contributed by atoms with Gasteiger partial charge in [0.05, 0.1) is 5.69 Å². The van der Waals surface area contributed by atoms with Gasteiger partial charge in [-0.25, -0.2) is 4.98 Å². The molecule has 126 valence electrons. The Labute approximate surface area is 158 Å². The smallest absolute Gasteiger partial charge is 0.133 e. The van der Waals surface area contributed by atoms with Crippen molar-refractivity contribution in [2.24, 2.45) is 0 Å². The molecule has 0 spiro atoms. The van der Waals surface area contributed by atoms with Gasteiger partial charge in [-0.1, -0.05) is 96.5 Å². The zero-order chi connectivity index (χ0) is 17.5. The first-order valence-electron chi connectivity index (χ1n) is 8.98. The molecule has 5 rings (SSSR count). The van der Waals surface area contributed by atoms with Crippen LogP contribution in [0.3, 0.4) is 0 Å². The lowest BCUT2D eigenvalue weighted by Crippen LogP contribution is -1.85. The molecule has 3 atom stereocenters. The summed E-state index contributed by atoms with van der Waals surface area (Å²) in [4.78, 5) is 4.64. The second-order valence-corrected chi connectivity index (χ2v) is 7.28. The van der Waals surface area contributed by atoms with Crippen molar-refractivity contribution in [1.82, 2.24) is 4.98 Å². The number of halogens is 1. The number of rotatable bonds is 3. The Bertz CT molecular complexity index is 967. The number of benzene rings is 2. The van der Waals surface area contributed by atoms with Crippen molar-refractivity contribution in [3.63, 3.8) is 0 Å². The topological polar surface area (TPSA) is 12.9 Å². The van der Waals surface area contributed by atoms with Crippen LogP contribution < -0.4 is 0 Å². The minimum atomic E-state index is 0.361. The predicted octanol–water partition coefficient (Wildman–Crippen LogP) is 6.50. The van der Waals surface area contributed by atoms with Gasteiger partial charge in [0.25, 0.3) is 0 Å². The summed E-state index contributed by atoms with van der Waals surface area (Å²) in [5.74, 6) is 1.24. The van der Waals surface area contributed by atoms with Crippen molar-refractivity contribution < 1.29 is 0 Å². The van der Waals surface area contributed by atoms with E-state index in [-0.39, 0.29) is 0 Å². The third-order valence-corrected chi connectivity index (χ3v) is 5.76. The van der Waals surface area contributed by atoms with Crippen molar-refractivity contribution in [3.8, 4) is 11.3 Å². The molecule has 0 amide bonds. The third-order valence-electron chi connectivity index (χ3n) is 5.47. The second kappa shape index (κ2) is 6.26. The van der Waals surface area contributed by atoms with Gasteiger partial charge in [-0.15, -0.1) is 0 Å². The molecule has 1 unspecified atom stereocenters. The first-order chi connectivity index (χ1) is 12.8. The van der Waals surface area contributed by atoms with Crippen LogP contribution in [0.25, 0.3) is 11.3 Å². The fourth-order valence-electron chi connectivity index (χ4n) is 4.31. The van der Waals surface area contributed by atoms with E-state index in [0.717, 1.165) is 5.69 Å². The lowest BCUT2D eigenvalue weighted by atomic mass is 10.0. The quantitative estimate of drug-likeness (QED) is 0.408. The maximum Gasteiger partial charge on any atom is 0.133 e. The van der Waals surface area contributed by atoms with Gasteiger partial charge in [-0.05, 0) is 29.0 Å². The fraction of sp³-hybridized carbons (Fsp3) is 0.125. The SMILES string of the molecule is Clc1nc2cccccc-2c1C1[C@@H](c2ccccc2)[C@H]1c1ccccc1. The number of hydrogen-bond donors (Lipinski definition) is 0. The Kier molecular flexibility index (Phi) is 3.76. The van der Waals surface area contributed by atoms with E-state index in [1.807, 2.05) is 18.2 Å². The summed E-state index contributed by atoms with van der Waals surface area (Å²) in [7, 11) is 0. The monoisotopic (exact) mass is 355 g/mol. The first kappa shape index (κ1) is 15.6. The van der Waals surface area contributed by atoms with Crippen LogP contribution in [0.4, 0.5) is 0 Å². The third kappa shape index (κ3) is 2.51. The van der Waals surface area contributed by atoms with Crippen molar-refractivity contribution in [2.75, 3.05) is 0 Å². The van der Waals surface area contributed by atoms with Crippen LogP contribution in [0.1, 0.15) is 34.4 Å². The molecule has 3 aliphatic rings. The van der Waals surface area contributed by atoms with E-state index in [9.17, 15) is 0 Å². The molecule has 1 aliphatic heterocycles. The highest BCUT2D eigenvalue weighted by Crippen LogP contribution is 2.68. The second-order valence-electron chi connectivity index (χ2n) is 6.92. The van der Waals surface area contributed by atoms with Gasteiger partial charge in [0.2, 0.25) is 0 Å². The lowest BCUT2D eigenvalue weighted by molar-refractivity contribution is 1.03. The molecule has 0 bridgehead atoms. The summed E-state index contributed by atoms with van der Waals surface area (Å²) in [6.45, 7) is 0. The van der Waals surface area contributed by atoms with Crippen LogP contribution in [0.2, 0.25) is 5.15 Å². The molecular formula is C24H18ClN. The van der Waals surface area contributed by atoms with E-state index in [2.05, 4.69) is 77.8 Å². The van der Waals surface area contributed by atoms with Crippen molar-refractivity contribution in [3.05, 3.63) is 113 Å². The molecule has 1 fully saturated rings. The Morgan fingerprint density at radius 2 is 1.08 bits per heavy atom. The normalized spacial score (nSPS) is 21.7. The molecule has 0 aromatic heterocycles. The van der Waals surface area contributed by atoms with Crippen LogP contribution >= 0.6 is 11.6 Å². The summed E-state index contributed by atoms with van der Waals surface area (Å²) >= 11 is 6.64. The minimum Gasteiger partial charge on any atom is -0.236 e. The van der Waals surface area contributed by atoms with E-state index >= 15 is 0 Å². The van der Waals surface area contributed by atoms with Gasteiger partial charge in [-0.3, -0.25) is 0 Å². The van der Waals surface area contributed by atoms with Crippen LogP contribution in [0.15, 0.2) is 91.0 Å². The molecule has 1 nitrogen and oxygen atoms in total. The Hall–Kier alpha value is -2.64. The number of fused-ring (bicyclic) bond motifs is 1. The molecule has 2 aliphatic carbocycles. The largest absolute Gasteiger partial charge is 0.236 e. The molecule has 2 aromatic carbocycles. The number of hydrogen-bond acceptors (Lipinski definition) is 1. The molecule has 2 heteroatoms. The standard InChI is InChI=1S/C24H18ClN/c25-24-22(18-14-8-3-9-15-19(18)26-24)23-20(16-10-4-1-5-11-16)21(23)17-12-6-2-7-13-17/h1-15,20-21,23H/t20-,21+,23?. The number of nitrogens with zero attached hydrogens (tertiary/aromatic N) is 1. The summed E-state index contributed by atoms with van der Waals surface area (Å²) in [5.41, 5.74) is 6.08. The van der Waals surface area contributed by atoms with Gasteiger partial charge in [-0.2, -0.15) is 0 Å². The van der Waals surface area contributed by atoms with Crippen molar-refractivity contribution >= 4 is 11.6 Å². The molecule has 0 radical (unpaired) electrons. The predicted molar refractivity (Wildman–Crippen MR) is 107 cm³/mol. The summed E-state index contributed by atoms with van der Waals surface area (Å²) < 4.78 is 0. The molecule has 0 saturated heterocycles. The Balaban J connectivity index is 1.65.